The second-order valence-corrected chi connectivity index (χ2v) is 11.3. The molecule has 8 nitrogen and oxygen atoms in total. The number of carbonyl (C=O) groups is 3. The smallest absolute Gasteiger partial charge is 0.408 e. The molecule has 1 unspecified atom stereocenters. The molecule has 0 saturated heterocycles. The lowest BCUT2D eigenvalue weighted by Crippen LogP contribution is -2.62. The first-order valence-corrected chi connectivity index (χ1v) is 12.2. The number of thiophene rings is 1. The summed E-state index contributed by atoms with van der Waals surface area (Å²) in [5.41, 5.74) is -1.08. The highest BCUT2D eigenvalue weighted by Gasteiger charge is 2.40. The van der Waals surface area contributed by atoms with Crippen molar-refractivity contribution in [3.63, 3.8) is 0 Å². The summed E-state index contributed by atoms with van der Waals surface area (Å²) >= 11 is 1.28. The second-order valence-electron chi connectivity index (χ2n) is 10.2. The first kappa shape index (κ1) is 26.5. The molecule has 1 aliphatic carbocycles. The van der Waals surface area contributed by atoms with Crippen LogP contribution in [0.25, 0.3) is 10.1 Å². The number of hydrogen-bond donors (Lipinski definition) is 3. The second kappa shape index (κ2) is 10.3. The van der Waals surface area contributed by atoms with Crippen molar-refractivity contribution in [2.45, 2.75) is 58.2 Å². The molecule has 3 N–H and O–H groups in total. The molecule has 1 aromatic carbocycles. The molecule has 0 spiro atoms. The highest BCUT2D eigenvalue weighted by molar-refractivity contribution is 7.20. The van der Waals surface area contributed by atoms with Crippen LogP contribution in [-0.2, 0) is 14.3 Å². The van der Waals surface area contributed by atoms with Crippen molar-refractivity contribution in [2.75, 3.05) is 13.7 Å². The van der Waals surface area contributed by atoms with Crippen molar-refractivity contribution in [3.8, 4) is 11.8 Å². The zero-order chi connectivity index (χ0) is 26.0. The molecule has 2 aromatic rings. The minimum Gasteiger partial charge on any atom is -0.467 e. The van der Waals surface area contributed by atoms with Crippen molar-refractivity contribution in [1.82, 2.24) is 10.6 Å². The van der Waals surface area contributed by atoms with E-state index in [0.29, 0.717) is 4.88 Å². The zero-order valence-electron chi connectivity index (χ0n) is 20.9. The topological polar surface area (TPSA) is 114 Å². The van der Waals surface area contributed by atoms with Crippen molar-refractivity contribution in [3.05, 3.63) is 34.7 Å². The fourth-order valence-electron chi connectivity index (χ4n) is 3.52. The van der Waals surface area contributed by atoms with Crippen LogP contribution in [0.3, 0.4) is 0 Å². The lowest BCUT2D eigenvalue weighted by molar-refractivity contribution is -0.144. The molecule has 3 atom stereocenters. The number of hydrogen-bond acceptors (Lipinski definition) is 7. The van der Waals surface area contributed by atoms with E-state index in [9.17, 15) is 14.4 Å². The van der Waals surface area contributed by atoms with Gasteiger partial charge in [0.1, 0.15) is 11.6 Å². The third kappa shape index (κ3) is 6.96. The van der Waals surface area contributed by atoms with Gasteiger partial charge in [-0.3, -0.25) is 4.79 Å². The van der Waals surface area contributed by atoms with E-state index < -0.39 is 35.2 Å². The minimum absolute atomic E-state index is 0.165. The quantitative estimate of drug-likeness (QED) is 0.414. The Morgan fingerprint density at radius 2 is 1.91 bits per heavy atom. The van der Waals surface area contributed by atoms with Crippen LogP contribution in [0, 0.1) is 23.7 Å². The Hall–Kier alpha value is -3.09. The summed E-state index contributed by atoms with van der Waals surface area (Å²) in [6.45, 7) is 8.57. The lowest BCUT2D eigenvalue weighted by atomic mass is 9.94. The maximum Gasteiger partial charge on any atom is 0.408 e. The number of fused-ring (bicyclic) bond motifs is 1. The maximum atomic E-state index is 13.1. The maximum absolute atomic E-state index is 13.1. The Kier molecular flexibility index (Phi) is 7.77. The summed E-state index contributed by atoms with van der Waals surface area (Å²) < 4.78 is 11.1. The van der Waals surface area contributed by atoms with E-state index in [1.165, 1.54) is 18.4 Å². The Morgan fingerprint density at radius 1 is 1.20 bits per heavy atom. The van der Waals surface area contributed by atoms with Crippen LogP contribution in [0.5, 0.6) is 0 Å². The number of alkyl carbamates (subject to hydrolysis) is 1. The number of nitrogens with one attached hydrogen (secondary N) is 2. The lowest BCUT2D eigenvalue weighted by Gasteiger charge is -2.34. The minimum atomic E-state index is -1.19. The molecule has 3 rings (SSSR count). The molecule has 0 radical (unpaired) electrons. The molecular weight excluding hydrogens is 468 g/mol. The van der Waals surface area contributed by atoms with E-state index >= 15 is 0 Å². The van der Waals surface area contributed by atoms with Crippen LogP contribution >= 0.6 is 11.3 Å². The van der Waals surface area contributed by atoms with E-state index in [4.69, 9.17) is 14.6 Å². The van der Waals surface area contributed by atoms with E-state index in [1.54, 1.807) is 40.7 Å². The number of benzene rings is 1. The molecule has 1 fully saturated rings. The molecule has 1 heterocycles. The summed E-state index contributed by atoms with van der Waals surface area (Å²) in [4.78, 5) is 38.3. The van der Waals surface area contributed by atoms with E-state index in [-0.39, 0.29) is 18.4 Å². The van der Waals surface area contributed by atoms with Crippen molar-refractivity contribution >= 4 is 39.4 Å². The molecule has 1 aliphatic rings. The van der Waals surface area contributed by atoms with Gasteiger partial charge >= 0.3 is 12.1 Å². The Bertz CT molecular complexity index is 1180. The number of carbonyl (C=O) groups excluding carboxylic acids is 3. The predicted octanol–water partition coefficient (Wildman–Crippen LogP) is 3.46. The third-order valence-electron chi connectivity index (χ3n) is 5.56. The van der Waals surface area contributed by atoms with E-state index in [1.807, 2.05) is 18.2 Å². The number of esters is 1. The number of aliphatic hydroxyl groups excluding tert-OH is 1. The number of aliphatic hydroxyl groups is 1. The normalized spacial score (nSPS) is 18.1. The van der Waals surface area contributed by atoms with Gasteiger partial charge in [0, 0.05) is 22.8 Å². The van der Waals surface area contributed by atoms with Gasteiger partial charge in [0.2, 0.25) is 0 Å². The first-order valence-electron chi connectivity index (χ1n) is 11.4. The fourth-order valence-corrected chi connectivity index (χ4v) is 4.52. The van der Waals surface area contributed by atoms with E-state index in [2.05, 4.69) is 22.5 Å². The summed E-state index contributed by atoms with van der Waals surface area (Å²) in [7, 11) is 1.22. The first-order chi connectivity index (χ1) is 16.3. The van der Waals surface area contributed by atoms with Gasteiger partial charge in [-0.1, -0.05) is 17.9 Å². The molecule has 0 bridgehead atoms. The zero-order valence-corrected chi connectivity index (χ0v) is 21.7. The molecular formula is C26H32N2O6S. The Balaban J connectivity index is 1.76. The van der Waals surface area contributed by atoms with Crippen LogP contribution < -0.4 is 10.6 Å². The average molecular weight is 501 g/mol. The number of rotatable bonds is 6. The van der Waals surface area contributed by atoms with Gasteiger partial charge in [0.25, 0.3) is 5.91 Å². The van der Waals surface area contributed by atoms with Crippen LogP contribution in [0.1, 0.15) is 56.3 Å². The van der Waals surface area contributed by atoms with Gasteiger partial charge in [-0.2, -0.15) is 0 Å². The number of amides is 2. The summed E-state index contributed by atoms with van der Waals surface area (Å²) in [6, 6.07) is 6.31. The van der Waals surface area contributed by atoms with Gasteiger partial charge in [-0.15, -0.1) is 11.3 Å². The molecule has 9 heteroatoms. The van der Waals surface area contributed by atoms with Gasteiger partial charge in [-0.05, 0) is 70.5 Å². The van der Waals surface area contributed by atoms with Gasteiger partial charge < -0.3 is 25.2 Å². The van der Waals surface area contributed by atoms with Gasteiger partial charge in [-0.25, -0.2) is 9.59 Å². The fraction of sp³-hybridized carbons (Fsp3) is 0.500. The van der Waals surface area contributed by atoms with Gasteiger partial charge in [0.15, 0.2) is 0 Å². The predicted molar refractivity (Wildman–Crippen MR) is 134 cm³/mol. The van der Waals surface area contributed by atoms with Crippen LogP contribution in [0.2, 0.25) is 0 Å². The summed E-state index contributed by atoms with van der Waals surface area (Å²) in [6.07, 6.45) is 0.216. The Morgan fingerprint density at radius 3 is 2.51 bits per heavy atom. The van der Waals surface area contributed by atoms with E-state index in [0.717, 1.165) is 22.1 Å². The van der Waals surface area contributed by atoms with Crippen molar-refractivity contribution in [2.24, 2.45) is 11.8 Å². The summed E-state index contributed by atoms with van der Waals surface area (Å²) in [5, 5.41) is 15.4. The molecule has 1 aromatic heterocycles. The van der Waals surface area contributed by atoms with Crippen molar-refractivity contribution < 1.29 is 29.0 Å². The highest BCUT2D eigenvalue weighted by atomic mass is 32.1. The molecule has 1 saturated carbocycles. The van der Waals surface area contributed by atoms with Crippen LogP contribution in [0.4, 0.5) is 4.79 Å². The largest absolute Gasteiger partial charge is 0.467 e. The van der Waals surface area contributed by atoms with Crippen LogP contribution in [-0.4, -0.2) is 54.0 Å². The molecule has 188 valence electrons. The number of methoxy groups -OCH3 is 1. The Labute approximate surface area is 209 Å². The SMILES string of the molecule is COC(=O)[C@@H](NC(=O)c1cc2ccc(C#CC3C[C@H]3CO)cc2s1)C(C)(C)NC(=O)OC(C)(C)C. The van der Waals surface area contributed by atoms with Gasteiger partial charge in [0.05, 0.1) is 17.5 Å². The molecule has 0 aliphatic heterocycles. The third-order valence-corrected chi connectivity index (χ3v) is 6.66. The van der Waals surface area contributed by atoms with Crippen LogP contribution in [0.15, 0.2) is 24.3 Å². The summed E-state index contributed by atoms with van der Waals surface area (Å²) in [5.74, 6) is 5.69. The molecule has 35 heavy (non-hydrogen) atoms. The van der Waals surface area contributed by atoms with Crippen molar-refractivity contribution in [1.29, 1.82) is 0 Å². The molecule has 2 amide bonds. The standard InChI is InChI=1S/C26H32N2O6S/c1-25(2,3)34-24(32)28-26(4,5)21(23(31)33-6)27-22(30)20-13-17-10-8-15(11-19(17)35-20)7-9-16-12-18(16)14-29/h8,10-11,13,16,18,21,29H,12,14H2,1-6H3,(H,27,30)(H,28,32)/t16?,18-,21+/m0/s1. The monoisotopic (exact) mass is 500 g/mol. The highest BCUT2D eigenvalue weighted by Crippen LogP contribution is 2.37. The average Bonchev–Trinajstić information content (AvgIpc) is 3.40. The number of ether oxygens (including phenoxy) is 2.